The number of nitrogens with one attached hydrogen (secondary N) is 2. The summed E-state index contributed by atoms with van der Waals surface area (Å²) in [5.41, 5.74) is 4.69. The Morgan fingerprint density at radius 2 is 1.66 bits per heavy atom. The lowest BCUT2D eigenvalue weighted by atomic mass is 10.00. The average Bonchev–Trinajstić information content (AvgIpc) is 3.04. The molecular weight excluding hydrogens is 369 g/mol. The predicted molar refractivity (Wildman–Crippen MR) is 107 cm³/mol. The van der Waals surface area contributed by atoms with Gasteiger partial charge < -0.3 is 5.32 Å². The highest BCUT2D eigenvalue weighted by Gasteiger charge is 2.47. The Bertz CT molecular complexity index is 1070. The van der Waals surface area contributed by atoms with Crippen molar-refractivity contribution in [3.63, 3.8) is 0 Å². The second-order valence-electron chi connectivity index (χ2n) is 6.74. The Hall–Kier alpha value is -3.80. The molecule has 5 nitrogen and oxygen atoms in total. The molecule has 0 aliphatic carbocycles. The maximum Gasteiger partial charge on any atom is 0.304 e. The molecule has 29 heavy (non-hydrogen) atoms. The summed E-state index contributed by atoms with van der Waals surface area (Å²) in [4.78, 5) is 25.4. The van der Waals surface area contributed by atoms with Gasteiger partial charge in [-0.05, 0) is 30.3 Å². The van der Waals surface area contributed by atoms with Gasteiger partial charge in [0.15, 0.2) is 6.04 Å². The van der Waals surface area contributed by atoms with Crippen LogP contribution in [0.4, 0.5) is 4.39 Å². The second-order valence-corrected chi connectivity index (χ2v) is 6.74. The first-order chi connectivity index (χ1) is 14.1. The lowest BCUT2D eigenvalue weighted by Gasteiger charge is -2.14. The van der Waals surface area contributed by atoms with Gasteiger partial charge in [0.2, 0.25) is 12.3 Å². The molecule has 3 aromatic carbocycles. The topological polar surface area (TPSA) is 61.2 Å². The van der Waals surface area contributed by atoms with E-state index in [0.717, 1.165) is 5.56 Å². The van der Waals surface area contributed by atoms with E-state index in [1.165, 1.54) is 12.1 Å². The van der Waals surface area contributed by atoms with Crippen molar-refractivity contribution in [3.05, 3.63) is 107 Å². The summed E-state index contributed by atoms with van der Waals surface area (Å²) in [7, 11) is 0. The molecule has 6 heteroatoms. The number of carbonyl (C=O) groups excluding carboxylic acids is 2. The van der Waals surface area contributed by atoms with Gasteiger partial charge in [-0.2, -0.15) is 0 Å². The smallest absolute Gasteiger partial charge is 0.304 e. The molecule has 0 radical (unpaired) electrons. The monoisotopic (exact) mass is 388 g/mol. The zero-order valence-electron chi connectivity index (χ0n) is 15.5. The van der Waals surface area contributed by atoms with Crippen LogP contribution < -0.4 is 10.7 Å². The predicted octanol–water partition coefficient (Wildman–Crippen LogP) is 2.84. The van der Waals surface area contributed by atoms with Crippen LogP contribution >= 0.6 is 0 Å². The molecule has 0 spiro atoms. The SMILES string of the molecule is O=C(N[C@H]1C(=O)N/[N+](=C\c2cccc(F)c2)[C@@H]1c1ccccc1)c1ccccc1. The minimum absolute atomic E-state index is 0.334. The molecule has 1 saturated heterocycles. The molecule has 3 aromatic rings. The number of hydrazone groups is 1. The lowest BCUT2D eigenvalue weighted by Crippen LogP contribution is -2.42. The molecule has 0 saturated carbocycles. The van der Waals surface area contributed by atoms with E-state index in [0.29, 0.717) is 11.1 Å². The highest BCUT2D eigenvalue weighted by Crippen LogP contribution is 2.25. The van der Waals surface area contributed by atoms with Gasteiger partial charge in [-0.3, -0.25) is 9.59 Å². The maximum absolute atomic E-state index is 13.6. The summed E-state index contributed by atoms with van der Waals surface area (Å²) in [6, 6.07) is 22.9. The third kappa shape index (κ3) is 4.06. The summed E-state index contributed by atoms with van der Waals surface area (Å²) in [5.74, 6) is -1.04. The average molecular weight is 388 g/mol. The highest BCUT2D eigenvalue weighted by molar-refractivity contribution is 5.98. The van der Waals surface area contributed by atoms with E-state index in [1.807, 2.05) is 36.4 Å². The van der Waals surface area contributed by atoms with E-state index < -0.39 is 12.1 Å². The Balaban J connectivity index is 1.70. The largest absolute Gasteiger partial charge is 0.334 e. The normalized spacial score (nSPS) is 19.8. The molecule has 1 heterocycles. The Kier molecular flexibility index (Phi) is 5.16. The van der Waals surface area contributed by atoms with E-state index in [9.17, 15) is 14.0 Å². The Morgan fingerprint density at radius 3 is 2.34 bits per heavy atom. The van der Waals surface area contributed by atoms with Crippen LogP contribution in [0.2, 0.25) is 0 Å². The molecule has 2 N–H and O–H groups in total. The number of nitrogens with zero attached hydrogens (tertiary/aromatic N) is 1. The molecule has 1 aliphatic rings. The molecule has 0 bridgehead atoms. The van der Waals surface area contributed by atoms with E-state index in [-0.39, 0.29) is 17.6 Å². The van der Waals surface area contributed by atoms with Crippen molar-refractivity contribution < 1.29 is 18.7 Å². The van der Waals surface area contributed by atoms with Crippen molar-refractivity contribution in [2.75, 3.05) is 0 Å². The van der Waals surface area contributed by atoms with Crippen LogP contribution in [0.5, 0.6) is 0 Å². The Labute approximate surface area is 167 Å². The van der Waals surface area contributed by atoms with Crippen molar-refractivity contribution in [1.82, 2.24) is 10.7 Å². The van der Waals surface area contributed by atoms with Gasteiger partial charge in [0.1, 0.15) is 5.82 Å². The van der Waals surface area contributed by atoms with Crippen LogP contribution in [-0.4, -0.2) is 28.8 Å². The van der Waals surface area contributed by atoms with Crippen molar-refractivity contribution in [3.8, 4) is 0 Å². The minimum atomic E-state index is -0.810. The zero-order valence-corrected chi connectivity index (χ0v) is 15.5. The fourth-order valence-electron chi connectivity index (χ4n) is 3.39. The number of benzene rings is 3. The van der Waals surface area contributed by atoms with Gasteiger partial charge in [-0.15, -0.1) is 10.1 Å². The zero-order chi connectivity index (χ0) is 20.2. The number of amides is 2. The molecule has 4 rings (SSSR count). The van der Waals surface area contributed by atoms with Gasteiger partial charge in [-0.1, -0.05) is 54.6 Å². The first-order valence-electron chi connectivity index (χ1n) is 9.22. The minimum Gasteiger partial charge on any atom is -0.334 e. The molecule has 2 atom stereocenters. The van der Waals surface area contributed by atoms with Crippen molar-refractivity contribution in [2.45, 2.75) is 12.1 Å². The summed E-state index contributed by atoms with van der Waals surface area (Å²) >= 11 is 0. The fourth-order valence-corrected chi connectivity index (χ4v) is 3.39. The van der Waals surface area contributed by atoms with Crippen LogP contribution in [0, 0.1) is 5.82 Å². The third-order valence-corrected chi connectivity index (χ3v) is 4.74. The van der Waals surface area contributed by atoms with Gasteiger partial charge >= 0.3 is 5.91 Å². The summed E-state index contributed by atoms with van der Waals surface area (Å²) in [6.45, 7) is 0. The number of halogens is 1. The molecule has 0 aromatic heterocycles. The summed E-state index contributed by atoms with van der Waals surface area (Å²) in [5, 5.41) is 2.83. The number of rotatable bonds is 4. The molecule has 2 amide bonds. The fraction of sp³-hybridized carbons (Fsp3) is 0.0870. The molecule has 0 unspecified atom stereocenters. The molecule has 1 aliphatic heterocycles. The van der Waals surface area contributed by atoms with Crippen molar-refractivity contribution in [2.24, 2.45) is 0 Å². The first kappa shape index (κ1) is 18.6. The number of hydrogen-bond donors (Lipinski definition) is 2. The standard InChI is InChI=1S/C23H18FN3O2/c24-19-13-7-8-16(14-19)15-27-21(17-9-3-1-4-10-17)20(23(29)26-27)25-22(28)18-11-5-2-6-12-18/h1-15,20-21H,(H-,25,26,28,29)/p+1/b27-15-/t20-,21-/m1/s1. The lowest BCUT2D eigenvalue weighted by molar-refractivity contribution is -0.596. The van der Waals surface area contributed by atoms with E-state index in [1.54, 1.807) is 47.3 Å². The summed E-state index contributed by atoms with van der Waals surface area (Å²) < 4.78 is 15.2. The van der Waals surface area contributed by atoms with Crippen LogP contribution in [-0.2, 0) is 4.79 Å². The molecule has 1 fully saturated rings. The first-order valence-corrected chi connectivity index (χ1v) is 9.22. The highest BCUT2D eigenvalue weighted by atomic mass is 19.1. The maximum atomic E-state index is 13.6. The van der Waals surface area contributed by atoms with Crippen LogP contribution in [0.25, 0.3) is 0 Å². The van der Waals surface area contributed by atoms with Crippen LogP contribution in [0.1, 0.15) is 27.5 Å². The van der Waals surface area contributed by atoms with Crippen molar-refractivity contribution in [1.29, 1.82) is 0 Å². The third-order valence-electron chi connectivity index (χ3n) is 4.74. The molecule has 144 valence electrons. The summed E-state index contributed by atoms with van der Waals surface area (Å²) in [6.07, 6.45) is 1.66. The van der Waals surface area contributed by atoms with Gasteiger partial charge in [0, 0.05) is 16.7 Å². The van der Waals surface area contributed by atoms with Gasteiger partial charge in [0.05, 0.1) is 0 Å². The van der Waals surface area contributed by atoms with Gasteiger partial charge in [0.25, 0.3) is 5.91 Å². The molecular formula is C23H19FN3O2+. The second kappa shape index (κ2) is 8.06. The van der Waals surface area contributed by atoms with Crippen LogP contribution in [0.3, 0.4) is 0 Å². The number of hydrazine groups is 1. The van der Waals surface area contributed by atoms with Crippen LogP contribution in [0.15, 0.2) is 84.9 Å². The number of carbonyl (C=O) groups is 2. The van der Waals surface area contributed by atoms with E-state index in [2.05, 4.69) is 10.7 Å². The van der Waals surface area contributed by atoms with E-state index >= 15 is 0 Å². The van der Waals surface area contributed by atoms with E-state index in [4.69, 9.17) is 0 Å². The van der Waals surface area contributed by atoms with Gasteiger partial charge in [-0.25, -0.2) is 4.39 Å². The van der Waals surface area contributed by atoms with Crippen molar-refractivity contribution >= 4 is 18.0 Å². The quantitative estimate of drug-likeness (QED) is 0.676. The Morgan fingerprint density at radius 1 is 0.966 bits per heavy atom. The number of hydrogen-bond acceptors (Lipinski definition) is 2.